The van der Waals surface area contributed by atoms with E-state index in [9.17, 15) is 8.78 Å². The van der Waals surface area contributed by atoms with E-state index in [1.54, 1.807) is 13.0 Å². The van der Waals surface area contributed by atoms with Crippen LogP contribution in [0.4, 0.5) is 26.2 Å². The molecule has 3 aromatic rings. The lowest BCUT2D eigenvalue weighted by Crippen LogP contribution is -2.07. The Morgan fingerprint density at radius 3 is 2.28 bits per heavy atom. The number of hydrogen-bond donors (Lipinski definition) is 2. The normalized spacial score (nSPS) is 10.6. The molecule has 6 heteroatoms. The third kappa shape index (κ3) is 4.29. The largest absolute Gasteiger partial charge is 0.350 e. The first-order chi connectivity index (χ1) is 12.0. The highest BCUT2D eigenvalue weighted by atomic mass is 19.1. The zero-order valence-corrected chi connectivity index (χ0v) is 14.0. The fourth-order valence-corrected chi connectivity index (χ4v) is 2.34. The van der Waals surface area contributed by atoms with Crippen molar-refractivity contribution in [2.24, 2.45) is 0 Å². The molecule has 0 bridgehead atoms. The second-order valence-corrected chi connectivity index (χ2v) is 5.78. The number of aromatic nitrogens is 2. The fraction of sp³-hybridized carbons (Fsp3) is 0.158. The molecule has 3 rings (SSSR count). The zero-order valence-electron chi connectivity index (χ0n) is 14.0. The molecule has 2 aromatic carbocycles. The second kappa shape index (κ2) is 7.25. The third-order valence-corrected chi connectivity index (χ3v) is 3.64. The Labute approximate surface area is 145 Å². The Morgan fingerprint density at radius 2 is 1.60 bits per heavy atom. The van der Waals surface area contributed by atoms with Crippen molar-refractivity contribution in [2.75, 3.05) is 10.6 Å². The van der Waals surface area contributed by atoms with E-state index in [0.29, 0.717) is 24.0 Å². The van der Waals surface area contributed by atoms with Crippen LogP contribution >= 0.6 is 0 Å². The maximum atomic E-state index is 13.8. The number of para-hydroxylation sites is 1. The summed E-state index contributed by atoms with van der Waals surface area (Å²) in [4.78, 5) is 8.58. The summed E-state index contributed by atoms with van der Waals surface area (Å²) in [7, 11) is 0. The third-order valence-electron chi connectivity index (χ3n) is 3.64. The molecule has 2 N–H and O–H groups in total. The van der Waals surface area contributed by atoms with E-state index in [4.69, 9.17) is 0 Å². The van der Waals surface area contributed by atoms with Crippen molar-refractivity contribution in [1.29, 1.82) is 0 Å². The molecule has 0 unspecified atom stereocenters. The lowest BCUT2D eigenvalue weighted by Gasteiger charge is -2.11. The maximum Gasteiger partial charge on any atom is 0.225 e. The standard InChI is InChI=1S/C19H18F2N4/c1-12-6-8-14(9-7-12)11-22-19-23-13(2)10-17(25-19)24-18-15(20)4-3-5-16(18)21/h3-10H,11H2,1-2H3,(H2,22,23,24,25). The van der Waals surface area contributed by atoms with Gasteiger partial charge in [0.15, 0.2) is 0 Å². The first-order valence-corrected chi connectivity index (χ1v) is 7.87. The van der Waals surface area contributed by atoms with Crippen LogP contribution in [0, 0.1) is 25.5 Å². The van der Waals surface area contributed by atoms with Crippen LogP contribution in [0.15, 0.2) is 48.5 Å². The summed E-state index contributed by atoms with van der Waals surface area (Å²) in [6.07, 6.45) is 0. The van der Waals surface area contributed by atoms with Gasteiger partial charge in [0.2, 0.25) is 5.95 Å². The van der Waals surface area contributed by atoms with E-state index in [1.165, 1.54) is 23.8 Å². The summed E-state index contributed by atoms with van der Waals surface area (Å²) < 4.78 is 27.6. The van der Waals surface area contributed by atoms with Gasteiger partial charge < -0.3 is 10.6 Å². The Kier molecular flexibility index (Phi) is 4.88. The first-order valence-electron chi connectivity index (χ1n) is 7.87. The van der Waals surface area contributed by atoms with Crippen LogP contribution in [0.5, 0.6) is 0 Å². The molecule has 0 spiro atoms. The Hall–Kier alpha value is -3.02. The molecular weight excluding hydrogens is 322 g/mol. The Morgan fingerprint density at radius 1 is 0.920 bits per heavy atom. The number of anilines is 3. The van der Waals surface area contributed by atoms with Crippen molar-refractivity contribution in [1.82, 2.24) is 9.97 Å². The summed E-state index contributed by atoms with van der Waals surface area (Å²) >= 11 is 0. The fourth-order valence-electron chi connectivity index (χ4n) is 2.34. The van der Waals surface area contributed by atoms with Gasteiger partial charge in [-0.2, -0.15) is 4.98 Å². The molecule has 0 fully saturated rings. The maximum absolute atomic E-state index is 13.8. The first kappa shape index (κ1) is 16.8. The van der Waals surface area contributed by atoms with Crippen molar-refractivity contribution in [3.63, 3.8) is 0 Å². The topological polar surface area (TPSA) is 49.8 Å². The number of aryl methyl sites for hydroxylation is 2. The summed E-state index contributed by atoms with van der Waals surface area (Å²) in [6, 6.07) is 13.4. The average Bonchev–Trinajstić information content (AvgIpc) is 2.57. The molecule has 0 radical (unpaired) electrons. The van der Waals surface area contributed by atoms with Gasteiger partial charge in [0.25, 0.3) is 0 Å². The molecule has 0 atom stereocenters. The van der Waals surface area contributed by atoms with Gasteiger partial charge in [-0.3, -0.25) is 0 Å². The highest BCUT2D eigenvalue weighted by molar-refractivity contribution is 5.59. The number of hydrogen-bond acceptors (Lipinski definition) is 4. The minimum absolute atomic E-state index is 0.231. The second-order valence-electron chi connectivity index (χ2n) is 5.78. The summed E-state index contributed by atoms with van der Waals surface area (Å²) in [6.45, 7) is 4.37. The van der Waals surface area contributed by atoms with Gasteiger partial charge in [0.1, 0.15) is 23.1 Å². The van der Waals surface area contributed by atoms with Crippen molar-refractivity contribution < 1.29 is 8.78 Å². The minimum atomic E-state index is -0.676. The van der Waals surface area contributed by atoms with E-state index >= 15 is 0 Å². The molecule has 128 valence electrons. The molecule has 0 amide bonds. The predicted octanol–water partition coefficient (Wildman–Crippen LogP) is 4.73. The zero-order chi connectivity index (χ0) is 17.8. The highest BCUT2D eigenvalue weighted by Gasteiger charge is 2.10. The van der Waals surface area contributed by atoms with Crippen molar-refractivity contribution in [2.45, 2.75) is 20.4 Å². The van der Waals surface area contributed by atoms with Crippen LogP contribution in [0.1, 0.15) is 16.8 Å². The summed E-state index contributed by atoms with van der Waals surface area (Å²) in [5.41, 5.74) is 2.73. The summed E-state index contributed by atoms with van der Waals surface area (Å²) in [5.74, 6) is -0.640. The van der Waals surface area contributed by atoms with E-state index in [-0.39, 0.29) is 5.69 Å². The van der Waals surface area contributed by atoms with E-state index in [1.807, 2.05) is 31.2 Å². The van der Waals surface area contributed by atoms with Gasteiger partial charge in [0.05, 0.1) is 0 Å². The molecule has 0 aliphatic heterocycles. The monoisotopic (exact) mass is 340 g/mol. The highest BCUT2D eigenvalue weighted by Crippen LogP contribution is 2.23. The van der Waals surface area contributed by atoms with Crippen LogP contribution in [0.3, 0.4) is 0 Å². The molecule has 1 heterocycles. The lowest BCUT2D eigenvalue weighted by atomic mass is 10.1. The number of benzene rings is 2. The van der Waals surface area contributed by atoms with E-state index in [0.717, 1.165) is 5.56 Å². The van der Waals surface area contributed by atoms with Crippen molar-refractivity contribution >= 4 is 17.5 Å². The van der Waals surface area contributed by atoms with Crippen LogP contribution in [-0.2, 0) is 6.54 Å². The smallest absolute Gasteiger partial charge is 0.225 e. The Balaban J connectivity index is 1.77. The van der Waals surface area contributed by atoms with Crippen molar-refractivity contribution in [3.05, 3.63) is 77.0 Å². The van der Waals surface area contributed by atoms with Gasteiger partial charge in [-0.15, -0.1) is 0 Å². The number of nitrogens with one attached hydrogen (secondary N) is 2. The molecule has 0 saturated carbocycles. The van der Waals surface area contributed by atoms with Gasteiger partial charge in [0, 0.05) is 18.3 Å². The van der Waals surface area contributed by atoms with Crippen LogP contribution in [0.2, 0.25) is 0 Å². The van der Waals surface area contributed by atoms with Crippen LogP contribution in [-0.4, -0.2) is 9.97 Å². The van der Waals surface area contributed by atoms with Gasteiger partial charge in [-0.1, -0.05) is 35.9 Å². The van der Waals surface area contributed by atoms with Crippen molar-refractivity contribution in [3.8, 4) is 0 Å². The quantitative estimate of drug-likeness (QED) is 0.705. The molecule has 0 saturated heterocycles. The molecular formula is C19H18F2N4. The molecule has 0 aliphatic rings. The van der Waals surface area contributed by atoms with Crippen LogP contribution < -0.4 is 10.6 Å². The summed E-state index contributed by atoms with van der Waals surface area (Å²) in [5, 5.41) is 5.81. The Bertz CT molecular complexity index is 859. The number of halogens is 2. The molecule has 4 nitrogen and oxygen atoms in total. The van der Waals surface area contributed by atoms with E-state index < -0.39 is 11.6 Å². The molecule has 0 aliphatic carbocycles. The van der Waals surface area contributed by atoms with Gasteiger partial charge in [-0.25, -0.2) is 13.8 Å². The number of rotatable bonds is 5. The molecule has 25 heavy (non-hydrogen) atoms. The average molecular weight is 340 g/mol. The SMILES string of the molecule is Cc1ccc(CNc2nc(C)cc(Nc3c(F)cccc3F)n2)cc1. The minimum Gasteiger partial charge on any atom is -0.350 e. The predicted molar refractivity (Wildman–Crippen MR) is 94.9 cm³/mol. The molecule has 1 aromatic heterocycles. The lowest BCUT2D eigenvalue weighted by molar-refractivity contribution is 0.590. The van der Waals surface area contributed by atoms with Crippen LogP contribution in [0.25, 0.3) is 0 Å². The van der Waals surface area contributed by atoms with Gasteiger partial charge in [-0.05, 0) is 31.5 Å². The van der Waals surface area contributed by atoms with Gasteiger partial charge >= 0.3 is 0 Å². The van der Waals surface area contributed by atoms with E-state index in [2.05, 4.69) is 20.6 Å². The number of nitrogens with zero attached hydrogens (tertiary/aromatic N) is 2.